The van der Waals surface area contributed by atoms with Crippen molar-refractivity contribution < 1.29 is 13.9 Å². The molecule has 0 aliphatic carbocycles. The van der Waals surface area contributed by atoms with Crippen LogP contribution < -0.4 is 0 Å². The van der Waals surface area contributed by atoms with Gasteiger partial charge in [0.25, 0.3) is 5.89 Å². The van der Waals surface area contributed by atoms with Gasteiger partial charge in [0.1, 0.15) is 11.4 Å². The third-order valence-corrected chi connectivity index (χ3v) is 4.88. The van der Waals surface area contributed by atoms with E-state index in [0.717, 1.165) is 24.1 Å². The van der Waals surface area contributed by atoms with Gasteiger partial charge in [0.2, 0.25) is 5.91 Å². The lowest BCUT2D eigenvalue weighted by molar-refractivity contribution is -0.131. The van der Waals surface area contributed by atoms with Crippen LogP contribution in [0.15, 0.2) is 27.5 Å². The summed E-state index contributed by atoms with van der Waals surface area (Å²) in [5, 5.41) is 11.6. The van der Waals surface area contributed by atoms with Gasteiger partial charge in [0.05, 0.1) is 12.0 Å². The molecule has 0 saturated carbocycles. The van der Waals surface area contributed by atoms with Gasteiger partial charge in [-0.15, -0.1) is 0 Å². The molecule has 27 heavy (non-hydrogen) atoms. The molecule has 3 aromatic rings. The summed E-state index contributed by atoms with van der Waals surface area (Å²) in [4.78, 5) is 23.1. The molecule has 4 heterocycles. The minimum absolute atomic E-state index is 0.0341. The van der Waals surface area contributed by atoms with Crippen LogP contribution >= 0.6 is 0 Å². The van der Waals surface area contributed by atoms with Crippen LogP contribution in [0.25, 0.3) is 11.5 Å². The van der Waals surface area contributed by atoms with Crippen LogP contribution in [-0.4, -0.2) is 49.3 Å². The second kappa shape index (κ2) is 7.26. The standard InChI is InChI=1S/C18H20N6O3/c1-11-3-4-14(10-19-11)18-20-17(23-26-18)13-5-7-24(8-6-13)16(25)9-15-12(2)21-27-22-15/h3-4,10,13H,5-9H2,1-2H3. The average molecular weight is 368 g/mol. The molecule has 0 bridgehead atoms. The van der Waals surface area contributed by atoms with Gasteiger partial charge in [0.15, 0.2) is 5.82 Å². The Morgan fingerprint density at radius 3 is 2.67 bits per heavy atom. The minimum Gasteiger partial charge on any atom is -0.342 e. The van der Waals surface area contributed by atoms with E-state index in [1.807, 2.05) is 24.0 Å². The maximum absolute atomic E-state index is 12.4. The first-order chi connectivity index (χ1) is 13.1. The molecule has 0 radical (unpaired) electrons. The highest BCUT2D eigenvalue weighted by atomic mass is 16.6. The second-order valence-electron chi connectivity index (χ2n) is 6.77. The fourth-order valence-electron chi connectivity index (χ4n) is 3.16. The van der Waals surface area contributed by atoms with Gasteiger partial charge in [-0.3, -0.25) is 9.78 Å². The number of aryl methyl sites for hydroxylation is 2. The molecule has 140 valence electrons. The first kappa shape index (κ1) is 17.3. The SMILES string of the molecule is Cc1ccc(-c2nc(C3CCN(C(=O)Cc4nonc4C)CC3)no2)cn1. The van der Waals surface area contributed by atoms with Crippen LogP contribution in [-0.2, 0) is 11.2 Å². The normalized spacial score (nSPS) is 15.3. The number of pyridine rings is 1. The molecule has 0 unspecified atom stereocenters. The summed E-state index contributed by atoms with van der Waals surface area (Å²) in [6.45, 7) is 5.02. The Hall–Kier alpha value is -3.10. The Bertz CT molecular complexity index is 925. The second-order valence-corrected chi connectivity index (χ2v) is 6.77. The molecule has 1 aliphatic rings. The summed E-state index contributed by atoms with van der Waals surface area (Å²) in [5.41, 5.74) is 3.00. The Balaban J connectivity index is 1.36. The van der Waals surface area contributed by atoms with Gasteiger partial charge in [-0.25, -0.2) is 4.63 Å². The highest BCUT2D eigenvalue weighted by Gasteiger charge is 2.28. The molecule has 1 amide bonds. The number of carbonyl (C=O) groups is 1. The molecule has 1 aliphatic heterocycles. The quantitative estimate of drug-likeness (QED) is 0.688. The average Bonchev–Trinajstić information content (AvgIpc) is 3.32. The molecule has 4 rings (SSSR count). The molecular weight excluding hydrogens is 348 g/mol. The van der Waals surface area contributed by atoms with E-state index < -0.39 is 0 Å². The maximum atomic E-state index is 12.4. The van der Waals surface area contributed by atoms with Gasteiger partial charge in [-0.05, 0) is 38.8 Å². The predicted molar refractivity (Wildman–Crippen MR) is 93.6 cm³/mol. The highest BCUT2D eigenvalue weighted by molar-refractivity contribution is 5.78. The van der Waals surface area contributed by atoms with Crippen molar-refractivity contribution in [2.24, 2.45) is 0 Å². The molecule has 3 aromatic heterocycles. The predicted octanol–water partition coefficient (Wildman–Crippen LogP) is 2.08. The van der Waals surface area contributed by atoms with Gasteiger partial charge in [-0.1, -0.05) is 15.5 Å². The van der Waals surface area contributed by atoms with Gasteiger partial charge >= 0.3 is 0 Å². The third-order valence-electron chi connectivity index (χ3n) is 4.88. The lowest BCUT2D eigenvalue weighted by Gasteiger charge is -2.30. The van der Waals surface area contributed by atoms with Crippen molar-refractivity contribution in [1.29, 1.82) is 0 Å². The number of rotatable bonds is 4. The zero-order chi connectivity index (χ0) is 18.8. The van der Waals surface area contributed by atoms with Crippen molar-refractivity contribution in [2.75, 3.05) is 13.1 Å². The fraction of sp³-hybridized carbons (Fsp3) is 0.444. The van der Waals surface area contributed by atoms with E-state index in [1.54, 1.807) is 13.1 Å². The van der Waals surface area contributed by atoms with Crippen LogP contribution in [0.3, 0.4) is 0 Å². The van der Waals surface area contributed by atoms with E-state index in [9.17, 15) is 4.79 Å². The van der Waals surface area contributed by atoms with Gasteiger partial charge < -0.3 is 9.42 Å². The fourth-order valence-corrected chi connectivity index (χ4v) is 3.16. The van der Waals surface area contributed by atoms with Crippen molar-refractivity contribution in [1.82, 2.24) is 30.3 Å². The van der Waals surface area contributed by atoms with Crippen molar-refractivity contribution in [3.8, 4) is 11.5 Å². The molecule has 0 spiro atoms. The molecule has 9 nitrogen and oxygen atoms in total. The summed E-state index contributed by atoms with van der Waals surface area (Å²) in [6.07, 6.45) is 3.54. The van der Waals surface area contributed by atoms with E-state index in [-0.39, 0.29) is 18.2 Å². The van der Waals surface area contributed by atoms with Gasteiger partial charge in [-0.2, -0.15) is 4.98 Å². The largest absolute Gasteiger partial charge is 0.342 e. The summed E-state index contributed by atoms with van der Waals surface area (Å²) in [6, 6.07) is 3.83. The number of aromatic nitrogens is 5. The van der Waals surface area contributed by atoms with E-state index in [1.165, 1.54) is 0 Å². The lowest BCUT2D eigenvalue weighted by Crippen LogP contribution is -2.39. The van der Waals surface area contributed by atoms with Crippen molar-refractivity contribution in [2.45, 2.75) is 39.0 Å². The molecule has 0 N–H and O–H groups in total. The van der Waals surface area contributed by atoms with Crippen molar-refractivity contribution >= 4 is 5.91 Å². The zero-order valence-electron chi connectivity index (χ0n) is 15.3. The third kappa shape index (κ3) is 3.71. The maximum Gasteiger partial charge on any atom is 0.259 e. The highest BCUT2D eigenvalue weighted by Crippen LogP contribution is 2.28. The Kier molecular flexibility index (Phi) is 4.66. The van der Waals surface area contributed by atoms with E-state index in [4.69, 9.17) is 4.52 Å². The van der Waals surface area contributed by atoms with E-state index in [0.29, 0.717) is 36.2 Å². The van der Waals surface area contributed by atoms with Crippen molar-refractivity contribution in [3.63, 3.8) is 0 Å². The first-order valence-corrected chi connectivity index (χ1v) is 8.92. The van der Waals surface area contributed by atoms with Crippen LogP contribution in [0.5, 0.6) is 0 Å². The number of carbonyl (C=O) groups excluding carboxylic acids is 1. The first-order valence-electron chi connectivity index (χ1n) is 8.92. The topological polar surface area (TPSA) is 111 Å². The Morgan fingerprint density at radius 2 is 2.00 bits per heavy atom. The molecule has 0 aromatic carbocycles. The molecular formula is C18H20N6O3. The summed E-state index contributed by atoms with van der Waals surface area (Å²) < 4.78 is 10.0. The minimum atomic E-state index is 0.0341. The molecule has 1 saturated heterocycles. The van der Waals surface area contributed by atoms with Crippen LogP contribution in [0.2, 0.25) is 0 Å². The number of amides is 1. The van der Waals surface area contributed by atoms with E-state index in [2.05, 4.69) is 30.1 Å². The lowest BCUT2D eigenvalue weighted by atomic mass is 9.96. The smallest absolute Gasteiger partial charge is 0.259 e. The summed E-state index contributed by atoms with van der Waals surface area (Å²) in [7, 11) is 0. The molecule has 1 fully saturated rings. The number of piperidine rings is 1. The molecule has 0 atom stereocenters. The number of nitrogens with zero attached hydrogens (tertiary/aromatic N) is 6. The Morgan fingerprint density at radius 1 is 1.19 bits per heavy atom. The number of hydrogen-bond acceptors (Lipinski definition) is 8. The zero-order valence-corrected chi connectivity index (χ0v) is 15.3. The van der Waals surface area contributed by atoms with Crippen LogP contribution in [0.1, 0.15) is 41.7 Å². The number of likely N-dealkylation sites (tertiary alicyclic amines) is 1. The van der Waals surface area contributed by atoms with Gasteiger partial charge in [0, 0.05) is 30.9 Å². The van der Waals surface area contributed by atoms with Crippen LogP contribution in [0.4, 0.5) is 0 Å². The monoisotopic (exact) mass is 368 g/mol. The van der Waals surface area contributed by atoms with Crippen LogP contribution in [0, 0.1) is 13.8 Å². The van der Waals surface area contributed by atoms with Crippen molar-refractivity contribution in [3.05, 3.63) is 41.2 Å². The summed E-state index contributed by atoms with van der Waals surface area (Å²) >= 11 is 0. The van der Waals surface area contributed by atoms with E-state index >= 15 is 0 Å². The summed E-state index contributed by atoms with van der Waals surface area (Å²) in [5.74, 6) is 1.38. The number of hydrogen-bond donors (Lipinski definition) is 0. The Labute approximate surface area is 155 Å². The molecule has 9 heteroatoms.